The fraction of sp³-hybridized carbons (Fsp3) is 0.533. The van der Waals surface area contributed by atoms with Gasteiger partial charge in [-0.3, -0.25) is 4.90 Å². The highest BCUT2D eigenvalue weighted by molar-refractivity contribution is 6.16. The van der Waals surface area contributed by atoms with Crippen LogP contribution in [0.2, 0.25) is 0 Å². The van der Waals surface area contributed by atoms with Crippen molar-refractivity contribution < 1.29 is 4.39 Å². The van der Waals surface area contributed by atoms with E-state index in [0.29, 0.717) is 11.9 Å². The van der Waals surface area contributed by atoms with Gasteiger partial charge in [0.05, 0.1) is 16.9 Å². The van der Waals surface area contributed by atoms with Crippen LogP contribution < -0.4 is 0 Å². The first-order valence-corrected chi connectivity index (χ1v) is 7.71. The summed E-state index contributed by atoms with van der Waals surface area (Å²) in [7, 11) is 4.27. The SMILES string of the molecule is CN1CCN(C)C(Cn2c(CCl)nc3ccc(F)cc32)C1. The van der Waals surface area contributed by atoms with E-state index in [2.05, 4.69) is 33.4 Å². The van der Waals surface area contributed by atoms with Gasteiger partial charge in [0.25, 0.3) is 0 Å². The summed E-state index contributed by atoms with van der Waals surface area (Å²) in [4.78, 5) is 9.19. The van der Waals surface area contributed by atoms with Gasteiger partial charge in [0.1, 0.15) is 11.6 Å². The lowest BCUT2D eigenvalue weighted by Gasteiger charge is -2.38. The zero-order valence-electron chi connectivity index (χ0n) is 12.4. The summed E-state index contributed by atoms with van der Waals surface area (Å²) >= 11 is 6.02. The molecule has 1 aliphatic rings. The van der Waals surface area contributed by atoms with Crippen LogP contribution in [0.4, 0.5) is 4.39 Å². The second-order valence-electron chi connectivity index (χ2n) is 5.80. The van der Waals surface area contributed by atoms with Crippen molar-refractivity contribution >= 4 is 22.6 Å². The van der Waals surface area contributed by atoms with Crippen molar-refractivity contribution in [1.82, 2.24) is 19.4 Å². The molecular weight excluding hydrogens is 291 g/mol. The van der Waals surface area contributed by atoms with E-state index in [1.165, 1.54) is 6.07 Å². The van der Waals surface area contributed by atoms with E-state index in [0.717, 1.165) is 43.0 Å². The Labute approximate surface area is 129 Å². The Hall–Kier alpha value is -1.17. The van der Waals surface area contributed by atoms with Crippen molar-refractivity contribution in [1.29, 1.82) is 0 Å². The lowest BCUT2D eigenvalue weighted by molar-refractivity contribution is 0.103. The largest absolute Gasteiger partial charge is 0.325 e. The zero-order chi connectivity index (χ0) is 15.0. The lowest BCUT2D eigenvalue weighted by atomic mass is 10.2. The molecule has 0 spiro atoms. The maximum Gasteiger partial charge on any atom is 0.125 e. The van der Waals surface area contributed by atoms with Crippen molar-refractivity contribution in [2.24, 2.45) is 0 Å². The van der Waals surface area contributed by atoms with Crippen LogP contribution in [0.5, 0.6) is 0 Å². The zero-order valence-corrected chi connectivity index (χ0v) is 13.1. The molecule has 1 saturated heterocycles. The van der Waals surface area contributed by atoms with Gasteiger partial charge in [-0.1, -0.05) is 0 Å². The molecule has 0 aliphatic carbocycles. The Balaban J connectivity index is 1.96. The summed E-state index contributed by atoms with van der Waals surface area (Å²) in [6.07, 6.45) is 0. The molecule has 1 aliphatic heterocycles. The molecule has 0 radical (unpaired) electrons. The second-order valence-corrected chi connectivity index (χ2v) is 6.07. The monoisotopic (exact) mass is 310 g/mol. The van der Waals surface area contributed by atoms with Gasteiger partial charge in [-0.2, -0.15) is 0 Å². The second kappa shape index (κ2) is 5.91. The summed E-state index contributed by atoms with van der Waals surface area (Å²) in [5.41, 5.74) is 1.63. The quantitative estimate of drug-likeness (QED) is 0.812. The van der Waals surface area contributed by atoms with Gasteiger partial charge in [-0.05, 0) is 32.3 Å². The molecule has 1 fully saturated rings. The highest BCUT2D eigenvalue weighted by Gasteiger charge is 2.24. The molecule has 21 heavy (non-hydrogen) atoms. The first kappa shape index (κ1) is 14.8. The van der Waals surface area contributed by atoms with Crippen LogP contribution in [0.1, 0.15) is 5.82 Å². The smallest absolute Gasteiger partial charge is 0.125 e. The number of imidazole rings is 1. The van der Waals surface area contributed by atoms with Gasteiger partial charge in [0, 0.05) is 32.2 Å². The molecule has 6 heteroatoms. The van der Waals surface area contributed by atoms with Crippen LogP contribution in [-0.2, 0) is 12.4 Å². The summed E-state index contributed by atoms with van der Waals surface area (Å²) in [6.45, 7) is 3.89. The molecule has 3 rings (SSSR count). The average molecular weight is 311 g/mol. The van der Waals surface area contributed by atoms with Gasteiger partial charge in [-0.15, -0.1) is 11.6 Å². The number of likely N-dealkylation sites (N-methyl/N-ethyl adjacent to an activating group) is 2. The molecule has 4 nitrogen and oxygen atoms in total. The maximum absolute atomic E-state index is 13.6. The van der Waals surface area contributed by atoms with Crippen molar-refractivity contribution in [3.05, 3.63) is 29.8 Å². The minimum Gasteiger partial charge on any atom is -0.325 e. The number of rotatable bonds is 3. The maximum atomic E-state index is 13.6. The molecule has 1 atom stereocenters. The van der Waals surface area contributed by atoms with E-state index in [9.17, 15) is 4.39 Å². The Bertz CT molecular complexity index is 642. The van der Waals surface area contributed by atoms with Gasteiger partial charge >= 0.3 is 0 Å². The normalized spacial score (nSPS) is 21.2. The van der Waals surface area contributed by atoms with Crippen molar-refractivity contribution in [3.63, 3.8) is 0 Å². The molecule has 2 aromatic rings. The Morgan fingerprint density at radius 1 is 1.33 bits per heavy atom. The Morgan fingerprint density at radius 2 is 2.14 bits per heavy atom. The van der Waals surface area contributed by atoms with E-state index in [1.54, 1.807) is 12.1 Å². The molecule has 0 N–H and O–H groups in total. The number of alkyl halides is 1. The summed E-state index contributed by atoms with van der Waals surface area (Å²) in [5, 5.41) is 0. The minimum absolute atomic E-state index is 0.237. The molecule has 0 amide bonds. The third kappa shape index (κ3) is 2.91. The van der Waals surface area contributed by atoms with Crippen molar-refractivity contribution in [3.8, 4) is 0 Å². The number of fused-ring (bicyclic) bond motifs is 1. The molecule has 0 bridgehead atoms. The lowest BCUT2D eigenvalue weighted by Crippen LogP contribution is -2.51. The third-order valence-corrected chi connectivity index (χ3v) is 4.52. The van der Waals surface area contributed by atoms with Gasteiger partial charge in [0.15, 0.2) is 0 Å². The Kier molecular flexibility index (Phi) is 4.15. The van der Waals surface area contributed by atoms with E-state index in [-0.39, 0.29) is 5.82 Å². The van der Waals surface area contributed by atoms with E-state index in [1.807, 2.05) is 0 Å². The number of halogens is 2. The number of piperazine rings is 1. The summed E-state index contributed by atoms with van der Waals surface area (Å²) < 4.78 is 15.6. The number of nitrogens with zero attached hydrogens (tertiary/aromatic N) is 4. The molecule has 1 unspecified atom stereocenters. The van der Waals surface area contributed by atoms with E-state index in [4.69, 9.17) is 11.6 Å². The van der Waals surface area contributed by atoms with E-state index >= 15 is 0 Å². The predicted octanol–water partition coefficient (Wildman–Crippen LogP) is 2.16. The molecule has 1 aromatic heterocycles. The Morgan fingerprint density at radius 3 is 2.90 bits per heavy atom. The minimum atomic E-state index is -0.237. The molecule has 0 saturated carbocycles. The number of aromatic nitrogens is 2. The van der Waals surface area contributed by atoms with Crippen LogP contribution in [0.25, 0.3) is 11.0 Å². The van der Waals surface area contributed by atoms with Crippen LogP contribution >= 0.6 is 11.6 Å². The average Bonchev–Trinajstić information content (AvgIpc) is 2.80. The first-order valence-electron chi connectivity index (χ1n) is 7.18. The van der Waals surface area contributed by atoms with Gasteiger partial charge in [0.2, 0.25) is 0 Å². The number of hydrogen-bond acceptors (Lipinski definition) is 3. The molecule has 1 aromatic carbocycles. The van der Waals surface area contributed by atoms with Crippen LogP contribution in [0.3, 0.4) is 0 Å². The van der Waals surface area contributed by atoms with Crippen LogP contribution in [0.15, 0.2) is 18.2 Å². The standard InChI is InChI=1S/C15H20ClFN4/c1-19-5-6-20(2)12(9-19)10-21-14-7-11(17)3-4-13(14)18-15(21)8-16/h3-4,7,12H,5-6,8-10H2,1-2H3. The molecule has 114 valence electrons. The van der Waals surface area contributed by atoms with Gasteiger partial charge < -0.3 is 9.47 Å². The topological polar surface area (TPSA) is 24.3 Å². The first-order chi connectivity index (χ1) is 10.1. The van der Waals surface area contributed by atoms with E-state index < -0.39 is 0 Å². The summed E-state index contributed by atoms with van der Waals surface area (Å²) in [5.74, 6) is 0.903. The van der Waals surface area contributed by atoms with Crippen LogP contribution in [-0.4, -0.2) is 59.1 Å². The molecular formula is C15H20ClFN4. The van der Waals surface area contributed by atoms with Gasteiger partial charge in [-0.25, -0.2) is 9.37 Å². The van der Waals surface area contributed by atoms with Crippen molar-refractivity contribution in [2.75, 3.05) is 33.7 Å². The number of benzene rings is 1. The highest BCUT2D eigenvalue weighted by atomic mass is 35.5. The fourth-order valence-corrected chi connectivity index (χ4v) is 3.16. The van der Waals surface area contributed by atoms with Crippen molar-refractivity contribution in [2.45, 2.75) is 18.5 Å². The van der Waals surface area contributed by atoms with Crippen LogP contribution in [0, 0.1) is 5.82 Å². The summed E-state index contributed by atoms with van der Waals surface area (Å²) in [6, 6.07) is 5.09. The predicted molar refractivity (Wildman–Crippen MR) is 83.2 cm³/mol. The third-order valence-electron chi connectivity index (χ3n) is 4.28. The fourth-order valence-electron chi connectivity index (χ4n) is 2.96. The number of hydrogen-bond donors (Lipinski definition) is 0. The highest BCUT2D eigenvalue weighted by Crippen LogP contribution is 2.21. The molecule has 2 heterocycles.